The Kier molecular flexibility index (Phi) is 5.00. The molecule has 1 aromatic rings. The fourth-order valence-corrected chi connectivity index (χ4v) is 2.70. The second kappa shape index (κ2) is 6.31. The van der Waals surface area contributed by atoms with Gasteiger partial charge in [-0.1, -0.05) is 5.21 Å². The lowest BCUT2D eigenvalue weighted by Gasteiger charge is -2.41. The number of nitrogens with two attached hydrogens (primary N) is 1. The Morgan fingerprint density at radius 1 is 1.36 bits per heavy atom. The summed E-state index contributed by atoms with van der Waals surface area (Å²) in [5.41, 5.74) is 4.82. The van der Waals surface area contributed by atoms with Gasteiger partial charge in [0.15, 0.2) is 5.72 Å². The molecule has 2 atom stereocenters. The zero-order chi connectivity index (χ0) is 15.1. The molecule has 0 radical (unpaired) electrons. The van der Waals surface area contributed by atoms with Crippen LogP contribution in [-0.2, 0) is 15.2 Å². The molecule has 2 unspecified atom stereocenters. The van der Waals surface area contributed by atoms with Crippen LogP contribution >= 0.6 is 12.4 Å². The summed E-state index contributed by atoms with van der Waals surface area (Å²) in [6, 6.07) is 0.00262. The van der Waals surface area contributed by atoms with Crippen LogP contribution in [0.1, 0.15) is 43.9 Å². The Morgan fingerprint density at radius 2 is 2.09 bits per heavy atom. The summed E-state index contributed by atoms with van der Waals surface area (Å²) in [6.07, 6.45) is -0.777. The molecule has 2 fully saturated rings. The van der Waals surface area contributed by atoms with Crippen molar-refractivity contribution >= 4 is 12.4 Å². The van der Waals surface area contributed by atoms with Crippen LogP contribution < -0.4 is 5.73 Å². The van der Waals surface area contributed by atoms with Crippen molar-refractivity contribution in [3.8, 4) is 0 Å². The third-order valence-electron chi connectivity index (χ3n) is 4.01. The lowest BCUT2D eigenvalue weighted by atomic mass is 9.88. The van der Waals surface area contributed by atoms with Gasteiger partial charge < -0.3 is 10.5 Å². The summed E-state index contributed by atoms with van der Waals surface area (Å²) >= 11 is 0. The summed E-state index contributed by atoms with van der Waals surface area (Å²) in [7, 11) is 0. The Hall–Kier alpha value is -0.900. The lowest BCUT2D eigenvalue weighted by molar-refractivity contribution is -0.402. The third-order valence-corrected chi connectivity index (χ3v) is 4.01. The van der Waals surface area contributed by atoms with Crippen LogP contribution in [-0.4, -0.2) is 34.0 Å². The van der Waals surface area contributed by atoms with Gasteiger partial charge in [0.2, 0.25) is 0 Å². The lowest BCUT2D eigenvalue weighted by Crippen LogP contribution is -2.47. The second-order valence-electron chi connectivity index (χ2n) is 5.59. The molecule has 2 N–H and O–H groups in total. The Morgan fingerprint density at radius 3 is 2.59 bits per heavy atom. The van der Waals surface area contributed by atoms with E-state index in [-0.39, 0.29) is 37.4 Å². The highest BCUT2D eigenvalue weighted by molar-refractivity contribution is 5.85. The van der Waals surface area contributed by atoms with Crippen LogP contribution in [0.2, 0.25) is 0 Å². The van der Waals surface area contributed by atoms with Gasteiger partial charge in [-0.2, -0.15) is 0 Å². The summed E-state index contributed by atoms with van der Waals surface area (Å²) in [6.45, 7) is 0.418. The average molecular weight is 343 g/mol. The van der Waals surface area contributed by atoms with E-state index in [4.69, 9.17) is 10.5 Å². The van der Waals surface area contributed by atoms with Crippen LogP contribution in [0.15, 0.2) is 6.20 Å². The van der Waals surface area contributed by atoms with Crippen molar-refractivity contribution in [1.29, 1.82) is 0 Å². The first kappa shape index (κ1) is 17.5. The molecule has 3 rings (SSSR count). The number of rotatable bonds is 3. The van der Waals surface area contributed by atoms with Crippen LogP contribution in [0, 0.1) is 0 Å². The zero-order valence-corrected chi connectivity index (χ0v) is 12.6. The van der Waals surface area contributed by atoms with Crippen molar-refractivity contribution in [1.82, 2.24) is 15.0 Å². The van der Waals surface area contributed by atoms with Gasteiger partial charge in [0.1, 0.15) is 11.8 Å². The van der Waals surface area contributed by atoms with Crippen molar-refractivity contribution in [2.24, 2.45) is 5.73 Å². The Bertz CT molecular complexity index is 499. The normalized spacial score (nSPS) is 27.8. The predicted molar refractivity (Wildman–Crippen MR) is 72.1 cm³/mol. The fraction of sp³-hybridized carbons (Fsp3) is 0.833. The van der Waals surface area contributed by atoms with E-state index >= 15 is 0 Å². The van der Waals surface area contributed by atoms with Crippen LogP contribution in [0.4, 0.5) is 13.2 Å². The van der Waals surface area contributed by atoms with Gasteiger partial charge in [0.05, 0.1) is 12.8 Å². The Balaban J connectivity index is 0.00000176. The van der Waals surface area contributed by atoms with Crippen molar-refractivity contribution in [2.45, 2.75) is 56.3 Å². The van der Waals surface area contributed by atoms with E-state index in [1.54, 1.807) is 0 Å². The minimum atomic E-state index is -4.69. The molecule has 126 valence electrons. The fourth-order valence-electron chi connectivity index (χ4n) is 2.70. The highest BCUT2D eigenvalue weighted by atomic mass is 35.5. The first-order chi connectivity index (χ1) is 9.88. The van der Waals surface area contributed by atoms with Crippen molar-refractivity contribution in [3.63, 3.8) is 0 Å². The molecule has 2 aliphatic rings. The number of alkyl halides is 3. The number of aromatic nitrogens is 3. The quantitative estimate of drug-likeness (QED) is 0.912. The van der Waals surface area contributed by atoms with Crippen LogP contribution in [0.3, 0.4) is 0 Å². The summed E-state index contributed by atoms with van der Waals surface area (Å²) in [5.74, 6) is 0. The van der Waals surface area contributed by atoms with E-state index in [2.05, 4.69) is 15.0 Å². The maximum absolute atomic E-state index is 12.5. The molecular weight excluding hydrogens is 325 g/mol. The van der Waals surface area contributed by atoms with Crippen molar-refractivity contribution in [2.75, 3.05) is 6.61 Å². The highest BCUT2D eigenvalue weighted by Crippen LogP contribution is 2.44. The molecule has 1 aliphatic heterocycles. The molecular formula is C12H18ClF3N4O2. The molecule has 6 nitrogen and oxygen atoms in total. The number of hydrogen-bond donors (Lipinski definition) is 1. The first-order valence-corrected chi connectivity index (χ1v) is 6.95. The maximum Gasteiger partial charge on any atom is 0.524 e. The van der Waals surface area contributed by atoms with E-state index in [1.165, 1.54) is 10.9 Å². The monoisotopic (exact) mass is 342 g/mol. The number of ether oxygens (including phenoxy) is 2. The van der Waals surface area contributed by atoms with E-state index in [1.807, 2.05) is 0 Å². The zero-order valence-electron chi connectivity index (χ0n) is 11.8. The van der Waals surface area contributed by atoms with Gasteiger partial charge in [-0.25, -0.2) is 4.68 Å². The largest absolute Gasteiger partial charge is 0.524 e. The minimum Gasteiger partial charge on any atom is -0.370 e. The summed E-state index contributed by atoms with van der Waals surface area (Å²) in [5, 5.41) is 7.76. The average Bonchev–Trinajstić information content (AvgIpc) is 2.83. The van der Waals surface area contributed by atoms with E-state index in [0.29, 0.717) is 25.1 Å². The molecule has 1 aromatic heterocycles. The summed E-state index contributed by atoms with van der Waals surface area (Å²) < 4.78 is 48.6. The van der Waals surface area contributed by atoms with Gasteiger partial charge in [-0.05, 0) is 32.1 Å². The number of nitrogens with zero attached hydrogens (tertiary/aromatic N) is 3. The van der Waals surface area contributed by atoms with Crippen LogP contribution in [0.5, 0.6) is 0 Å². The molecule has 1 saturated carbocycles. The molecule has 10 heteroatoms. The molecule has 1 aliphatic carbocycles. The summed E-state index contributed by atoms with van der Waals surface area (Å²) in [4.78, 5) is 0. The second-order valence-corrected chi connectivity index (χ2v) is 5.59. The highest BCUT2D eigenvalue weighted by Gasteiger charge is 2.50. The predicted octanol–water partition coefficient (Wildman–Crippen LogP) is 2.25. The minimum absolute atomic E-state index is 0. The third kappa shape index (κ3) is 3.53. The SMILES string of the molecule is Cl.NC1CCC(c2cn(C3(OC(F)(F)F)CCC3)nn2)OC1. The van der Waals surface area contributed by atoms with Crippen molar-refractivity contribution < 1.29 is 22.6 Å². The van der Waals surface area contributed by atoms with Gasteiger partial charge in [0.25, 0.3) is 0 Å². The van der Waals surface area contributed by atoms with Gasteiger partial charge >= 0.3 is 6.36 Å². The molecule has 0 amide bonds. The van der Waals surface area contributed by atoms with Gasteiger partial charge in [-0.3, -0.25) is 4.74 Å². The van der Waals surface area contributed by atoms with E-state index < -0.39 is 12.1 Å². The van der Waals surface area contributed by atoms with Crippen LogP contribution in [0.25, 0.3) is 0 Å². The molecule has 22 heavy (non-hydrogen) atoms. The molecule has 1 saturated heterocycles. The van der Waals surface area contributed by atoms with E-state index in [0.717, 1.165) is 6.42 Å². The van der Waals surface area contributed by atoms with Crippen molar-refractivity contribution in [3.05, 3.63) is 11.9 Å². The number of hydrogen-bond acceptors (Lipinski definition) is 5. The topological polar surface area (TPSA) is 75.2 Å². The van der Waals surface area contributed by atoms with E-state index in [9.17, 15) is 13.2 Å². The molecule has 0 bridgehead atoms. The standard InChI is InChI=1S/C12H17F3N4O2.ClH/c13-12(14,15)21-11(4-1-5-11)19-6-9(17-18-19)10-3-2-8(16)7-20-10;/h6,8,10H,1-5,7,16H2;1H. The molecule has 2 heterocycles. The first-order valence-electron chi connectivity index (χ1n) is 6.95. The molecule has 0 aromatic carbocycles. The maximum atomic E-state index is 12.5. The number of halogens is 4. The Labute approximate surface area is 131 Å². The molecule has 0 spiro atoms. The van der Waals surface area contributed by atoms with Gasteiger partial charge in [-0.15, -0.1) is 30.7 Å². The smallest absolute Gasteiger partial charge is 0.370 e. The van der Waals surface area contributed by atoms with Gasteiger partial charge in [0, 0.05) is 6.04 Å².